The summed E-state index contributed by atoms with van der Waals surface area (Å²) in [5, 5.41) is 2.81. The predicted molar refractivity (Wildman–Crippen MR) is 62.3 cm³/mol. The van der Waals surface area contributed by atoms with E-state index in [0.717, 1.165) is 6.42 Å². The summed E-state index contributed by atoms with van der Waals surface area (Å²) in [6.45, 7) is 3.92. The van der Waals surface area contributed by atoms with Gasteiger partial charge in [0.2, 0.25) is 11.0 Å². The molecule has 0 amide bonds. The molecule has 17 heavy (non-hydrogen) atoms. The number of nitrogens with zero attached hydrogens (tertiary/aromatic N) is 3. The lowest BCUT2D eigenvalue weighted by Crippen LogP contribution is -2.46. The van der Waals surface area contributed by atoms with E-state index in [1.54, 1.807) is 0 Å². The molecule has 0 saturated heterocycles. The molecule has 1 aliphatic heterocycles. The number of hydrogen-bond acceptors (Lipinski definition) is 6. The molecule has 92 valence electrons. The van der Waals surface area contributed by atoms with E-state index in [-0.39, 0.29) is 22.8 Å². The third kappa shape index (κ3) is 2.36. The number of fused-ring (bicyclic) bond motifs is 1. The van der Waals surface area contributed by atoms with Gasteiger partial charge in [0, 0.05) is 18.4 Å². The van der Waals surface area contributed by atoms with Gasteiger partial charge in [-0.05, 0) is 13.3 Å². The number of guanidine groups is 1. The van der Waals surface area contributed by atoms with Gasteiger partial charge < -0.3 is 5.32 Å². The summed E-state index contributed by atoms with van der Waals surface area (Å²) in [6, 6.07) is 0.120. The zero-order chi connectivity index (χ0) is 12.5. The summed E-state index contributed by atoms with van der Waals surface area (Å²) in [5.41, 5.74) is 0. The first-order valence-corrected chi connectivity index (χ1v) is 6.70. The molecular weight excluding hydrogens is 242 g/mol. The van der Waals surface area contributed by atoms with Crippen LogP contribution in [0.1, 0.15) is 20.3 Å². The quantitative estimate of drug-likeness (QED) is 0.783. The largest absolute Gasteiger partial charge is 0.353 e. The molecule has 8 heteroatoms. The van der Waals surface area contributed by atoms with Gasteiger partial charge in [0.1, 0.15) is 0 Å². The van der Waals surface area contributed by atoms with Crippen LogP contribution in [-0.2, 0) is 10.0 Å². The van der Waals surface area contributed by atoms with Crippen molar-refractivity contribution < 1.29 is 8.42 Å². The van der Waals surface area contributed by atoms with E-state index in [2.05, 4.69) is 25.0 Å². The smallest absolute Gasteiger partial charge is 0.285 e. The van der Waals surface area contributed by atoms with Crippen molar-refractivity contribution in [3.05, 3.63) is 12.4 Å². The molecule has 2 N–H and O–H groups in total. The second-order valence-electron chi connectivity index (χ2n) is 3.70. The van der Waals surface area contributed by atoms with Gasteiger partial charge >= 0.3 is 0 Å². The van der Waals surface area contributed by atoms with Crippen molar-refractivity contribution in [2.24, 2.45) is 4.99 Å². The molecule has 7 nitrogen and oxygen atoms in total. The van der Waals surface area contributed by atoms with Crippen LogP contribution in [0, 0.1) is 0 Å². The molecule has 0 bridgehead atoms. The van der Waals surface area contributed by atoms with E-state index in [4.69, 9.17) is 0 Å². The lowest BCUT2D eigenvalue weighted by Gasteiger charge is -2.19. The highest BCUT2D eigenvalue weighted by molar-refractivity contribution is 7.90. The van der Waals surface area contributed by atoms with Crippen molar-refractivity contribution in [3.8, 4) is 0 Å². The normalized spacial score (nSPS) is 18.6. The molecular formula is C9H13N5O2S. The lowest BCUT2D eigenvalue weighted by molar-refractivity contribution is 0.581. The Hall–Kier alpha value is -1.70. The van der Waals surface area contributed by atoms with Crippen LogP contribution in [0.4, 0.5) is 5.82 Å². The Kier molecular flexibility index (Phi) is 2.97. The number of hydrogen-bond donors (Lipinski definition) is 2. The van der Waals surface area contributed by atoms with Crippen LogP contribution in [0.15, 0.2) is 22.4 Å². The van der Waals surface area contributed by atoms with Gasteiger partial charge in [-0.3, -0.25) is 0 Å². The molecule has 1 unspecified atom stereocenters. The molecule has 0 spiro atoms. The van der Waals surface area contributed by atoms with E-state index in [0.29, 0.717) is 0 Å². The van der Waals surface area contributed by atoms with Crippen molar-refractivity contribution >= 4 is 21.8 Å². The molecule has 0 fully saturated rings. The van der Waals surface area contributed by atoms with Crippen molar-refractivity contribution in [3.63, 3.8) is 0 Å². The Morgan fingerprint density at radius 3 is 2.82 bits per heavy atom. The second kappa shape index (κ2) is 4.28. The first-order chi connectivity index (χ1) is 8.03. The average Bonchev–Trinajstić information content (AvgIpc) is 2.28. The first-order valence-electron chi connectivity index (χ1n) is 5.22. The highest BCUT2D eigenvalue weighted by atomic mass is 32.2. The number of aliphatic imine (C=N–C) groups is 1. The third-order valence-corrected chi connectivity index (χ3v) is 3.60. The molecule has 1 atom stereocenters. The fourth-order valence-electron chi connectivity index (χ4n) is 1.29. The standard InChI is InChI=1S/C9H13N5O2S/c1-3-6(2)12-9-13-7-8(11-5-4-10-7)17(15,16)14-9/h4-6H,3H2,1-2H3,(H2,10,12,13,14). The molecule has 2 rings (SSSR count). The zero-order valence-electron chi connectivity index (χ0n) is 9.51. The molecule has 2 heterocycles. The molecule has 0 saturated carbocycles. The van der Waals surface area contributed by atoms with E-state index in [9.17, 15) is 8.42 Å². The SMILES string of the molecule is CCC(C)NC1=Nc2nccnc2S(=O)(=O)N1. The van der Waals surface area contributed by atoms with Crippen LogP contribution >= 0.6 is 0 Å². The first kappa shape index (κ1) is 11.8. The molecule has 0 radical (unpaired) electrons. The monoisotopic (exact) mass is 255 g/mol. The highest BCUT2D eigenvalue weighted by Gasteiger charge is 2.28. The van der Waals surface area contributed by atoms with Crippen molar-refractivity contribution in [2.75, 3.05) is 0 Å². The summed E-state index contributed by atoms with van der Waals surface area (Å²) in [4.78, 5) is 11.7. The van der Waals surface area contributed by atoms with E-state index in [1.165, 1.54) is 12.4 Å². The number of nitrogens with one attached hydrogen (secondary N) is 2. The van der Waals surface area contributed by atoms with Crippen LogP contribution in [-0.4, -0.2) is 30.4 Å². The second-order valence-corrected chi connectivity index (χ2v) is 5.30. The van der Waals surface area contributed by atoms with Crippen molar-refractivity contribution in [1.82, 2.24) is 20.0 Å². The fraction of sp³-hybridized carbons (Fsp3) is 0.444. The van der Waals surface area contributed by atoms with Gasteiger partial charge in [0.15, 0.2) is 5.82 Å². The minimum absolute atomic E-state index is 0.108. The number of aromatic nitrogens is 2. The Bertz CT molecular complexity index is 554. The maximum absolute atomic E-state index is 11.8. The topological polar surface area (TPSA) is 96.3 Å². The van der Waals surface area contributed by atoms with Crippen LogP contribution in [0.2, 0.25) is 0 Å². The minimum atomic E-state index is -3.66. The molecule has 0 aromatic carbocycles. The average molecular weight is 255 g/mol. The maximum Gasteiger partial charge on any atom is 0.285 e. The Morgan fingerprint density at radius 2 is 2.12 bits per heavy atom. The van der Waals surface area contributed by atoms with E-state index >= 15 is 0 Å². The fourth-order valence-corrected chi connectivity index (χ4v) is 2.28. The Labute approximate surface area is 99.4 Å². The zero-order valence-corrected chi connectivity index (χ0v) is 10.3. The lowest BCUT2D eigenvalue weighted by atomic mass is 10.3. The number of rotatable bonds is 2. The summed E-state index contributed by atoms with van der Waals surface area (Å²) in [5.74, 6) is 0.296. The Balaban J connectivity index is 2.39. The summed E-state index contributed by atoms with van der Waals surface area (Å²) in [7, 11) is -3.66. The summed E-state index contributed by atoms with van der Waals surface area (Å²) < 4.78 is 26.0. The molecule has 1 aliphatic rings. The summed E-state index contributed by atoms with van der Waals surface area (Å²) in [6.07, 6.45) is 3.58. The third-order valence-electron chi connectivity index (χ3n) is 2.35. The van der Waals surface area contributed by atoms with Crippen molar-refractivity contribution in [2.45, 2.75) is 31.3 Å². The molecule has 0 aliphatic carbocycles. The van der Waals surface area contributed by atoms with Crippen LogP contribution in [0.25, 0.3) is 0 Å². The predicted octanol–water partition coefficient (Wildman–Crippen LogP) is 0.144. The van der Waals surface area contributed by atoms with Crippen molar-refractivity contribution in [1.29, 1.82) is 0 Å². The van der Waals surface area contributed by atoms with Gasteiger partial charge in [-0.25, -0.2) is 14.7 Å². The Morgan fingerprint density at radius 1 is 1.41 bits per heavy atom. The van der Waals surface area contributed by atoms with E-state index in [1.807, 2.05) is 13.8 Å². The molecule has 1 aromatic rings. The molecule has 1 aromatic heterocycles. The van der Waals surface area contributed by atoms with Gasteiger partial charge in [0.25, 0.3) is 10.0 Å². The van der Waals surface area contributed by atoms with Gasteiger partial charge in [-0.15, -0.1) is 0 Å². The highest BCUT2D eigenvalue weighted by Crippen LogP contribution is 2.21. The maximum atomic E-state index is 11.8. The minimum Gasteiger partial charge on any atom is -0.353 e. The van der Waals surface area contributed by atoms with Gasteiger partial charge in [-0.2, -0.15) is 13.4 Å². The van der Waals surface area contributed by atoms with E-state index < -0.39 is 10.0 Å². The van der Waals surface area contributed by atoms with Crippen LogP contribution in [0.3, 0.4) is 0 Å². The summed E-state index contributed by atoms with van der Waals surface area (Å²) >= 11 is 0. The van der Waals surface area contributed by atoms with Gasteiger partial charge in [-0.1, -0.05) is 6.92 Å². The number of sulfonamides is 1. The van der Waals surface area contributed by atoms with Crippen LogP contribution < -0.4 is 10.0 Å². The van der Waals surface area contributed by atoms with Gasteiger partial charge in [0.05, 0.1) is 0 Å². The van der Waals surface area contributed by atoms with Crippen LogP contribution in [0.5, 0.6) is 0 Å².